The molecule has 0 radical (unpaired) electrons. The zero-order valence-electron chi connectivity index (χ0n) is 8.96. The Morgan fingerprint density at radius 2 is 2.07 bits per heavy atom. The average Bonchev–Trinajstić information content (AvgIpc) is 2.45. The van der Waals surface area contributed by atoms with Crippen LogP contribution in [0.4, 0.5) is 0 Å². The van der Waals surface area contributed by atoms with E-state index in [-0.39, 0.29) is 18.6 Å². The second-order valence-electron chi connectivity index (χ2n) is 3.63. The van der Waals surface area contributed by atoms with Crippen LogP contribution in [0.5, 0.6) is 0 Å². The van der Waals surface area contributed by atoms with Crippen LogP contribution < -0.4 is 0 Å². The number of hydrogen-bond acceptors (Lipinski definition) is 5. The molecular weight excluding hydrogens is 243 g/mol. The molecule has 0 aliphatic carbocycles. The van der Waals surface area contributed by atoms with Crippen molar-refractivity contribution < 1.29 is 23.8 Å². The molecule has 7 heteroatoms. The second kappa shape index (κ2) is 5.23. The zero-order valence-corrected chi connectivity index (χ0v) is 10.6. The largest absolute Gasteiger partial charge is 0.521 e. The average molecular weight is 260 g/mol. The summed E-state index contributed by atoms with van der Waals surface area (Å²) >= 11 is 5.62. The molecule has 90 valence electrons. The molecule has 2 N–H and O–H groups in total. The fourth-order valence-corrected chi connectivity index (χ4v) is 2.58. The Hall–Kier alpha value is 0.520. The lowest BCUT2D eigenvalue weighted by Crippen LogP contribution is -2.31. The number of rotatable bonds is 4. The van der Waals surface area contributed by atoms with Crippen LogP contribution in [0.1, 0.15) is 13.8 Å². The molecule has 0 aromatic carbocycles. The molecule has 1 rings (SSSR count). The summed E-state index contributed by atoms with van der Waals surface area (Å²) in [6.45, 7) is 3.63. The minimum Gasteiger partial charge on any atom is -0.394 e. The molecule has 5 nitrogen and oxygen atoms in total. The van der Waals surface area contributed by atoms with Crippen LogP contribution in [0.25, 0.3) is 0 Å². The monoisotopic (exact) mass is 259 g/mol. The van der Waals surface area contributed by atoms with Gasteiger partial charge in [-0.3, -0.25) is 0 Å². The van der Waals surface area contributed by atoms with Crippen molar-refractivity contribution in [3.05, 3.63) is 0 Å². The summed E-state index contributed by atoms with van der Waals surface area (Å²) in [5, 5.41) is 9.08. The van der Waals surface area contributed by atoms with Gasteiger partial charge in [0.25, 0.3) is 0 Å². The summed E-state index contributed by atoms with van der Waals surface area (Å²) in [7, 11) is -2.03. The fraction of sp³-hybridized carbons (Fsp3) is 1.00. The molecule has 1 aliphatic heterocycles. The topological polar surface area (TPSA) is 68.2 Å². The quantitative estimate of drug-likeness (QED) is 0.746. The third-order valence-corrected chi connectivity index (χ3v) is 4.28. The molecule has 5 unspecified atom stereocenters. The molecule has 1 fully saturated rings. The fourth-order valence-electron chi connectivity index (χ4n) is 1.59. The van der Waals surface area contributed by atoms with Gasteiger partial charge in [-0.15, -0.1) is 0 Å². The molecule has 0 bridgehead atoms. The Bertz CT molecular complexity index is 215. The SMILES string of the molecule is CO[P+](O)(Cl)OC1C(CO)OC(C)C1C. The van der Waals surface area contributed by atoms with Gasteiger partial charge in [-0.05, 0) is 6.92 Å². The predicted octanol–water partition coefficient (Wildman–Crippen LogP) is 1.34. The summed E-state index contributed by atoms with van der Waals surface area (Å²) in [6, 6.07) is 0. The van der Waals surface area contributed by atoms with Gasteiger partial charge in [-0.1, -0.05) is 6.92 Å². The molecule has 15 heavy (non-hydrogen) atoms. The summed E-state index contributed by atoms with van der Waals surface area (Å²) in [5.41, 5.74) is 0. The first-order valence-electron chi connectivity index (χ1n) is 4.73. The molecule has 0 spiro atoms. The van der Waals surface area contributed by atoms with Gasteiger partial charge in [0, 0.05) is 5.92 Å². The summed E-state index contributed by atoms with van der Waals surface area (Å²) < 4.78 is 15.4. The highest BCUT2D eigenvalue weighted by Gasteiger charge is 2.50. The van der Waals surface area contributed by atoms with Crippen molar-refractivity contribution >= 4 is 18.5 Å². The number of halogens is 1. The molecular formula is C8H17ClO5P+. The lowest BCUT2D eigenvalue weighted by atomic mass is 10.00. The van der Waals surface area contributed by atoms with Crippen molar-refractivity contribution in [3.63, 3.8) is 0 Å². The summed E-state index contributed by atoms with van der Waals surface area (Å²) in [4.78, 5) is 9.50. The number of hydrogen-bond donors (Lipinski definition) is 2. The smallest absolute Gasteiger partial charge is 0.394 e. The Balaban J connectivity index is 2.66. The van der Waals surface area contributed by atoms with E-state index in [4.69, 9.17) is 25.6 Å². The van der Waals surface area contributed by atoms with Crippen molar-refractivity contribution in [1.29, 1.82) is 0 Å². The molecule has 0 amide bonds. The van der Waals surface area contributed by atoms with Crippen LogP contribution >= 0.6 is 18.5 Å². The first-order valence-corrected chi connectivity index (χ1v) is 7.21. The lowest BCUT2D eigenvalue weighted by Gasteiger charge is -2.18. The van der Waals surface area contributed by atoms with E-state index in [2.05, 4.69) is 4.52 Å². The van der Waals surface area contributed by atoms with E-state index < -0.39 is 19.5 Å². The maximum atomic E-state index is 9.50. The first-order chi connectivity index (χ1) is 6.91. The standard InChI is InChI=1S/C8H17ClO5P/c1-5-6(2)13-7(4-10)8(5)14-15(9,11)12-3/h5-8,10-11H,4H2,1-3H3/q+1. The molecule has 0 aromatic rings. The van der Waals surface area contributed by atoms with Crippen LogP contribution in [0.15, 0.2) is 0 Å². The minimum absolute atomic E-state index is 0.0410. The van der Waals surface area contributed by atoms with E-state index in [0.717, 1.165) is 0 Å². The molecule has 0 aromatic heterocycles. The van der Waals surface area contributed by atoms with Crippen LogP contribution in [0.3, 0.4) is 0 Å². The number of aliphatic hydroxyl groups is 1. The zero-order chi connectivity index (χ0) is 11.6. The van der Waals surface area contributed by atoms with Crippen molar-refractivity contribution in [2.45, 2.75) is 32.2 Å². The Morgan fingerprint density at radius 1 is 1.47 bits per heavy atom. The van der Waals surface area contributed by atoms with Crippen molar-refractivity contribution in [3.8, 4) is 0 Å². The minimum atomic E-state index is -3.31. The second-order valence-corrected chi connectivity index (χ2v) is 6.39. The van der Waals surface area contributed by atoms with Gasteiger partial charge in [0.2, 0.25) is 0 Å². The Labute approximate surface area is 94.7 Å². The van der Waals surface area contributed by atoms with Gasteiger partial charge in [0.1, 0.15) is 12.2 Å². The highest BCUT2D eigenvalue weighted by Crippen LogP contribution is 2.63. The molecule has 1 saturated heterocycles. The van der Waals surface area contributed by atoms with E-state index in [9.17, 15) is 4.89 Å². The Kier molecular flexibility index (Phi) is 4.74. The van der Waals surface area contributed by atoms with E-state index >= 15 is 0 Å². The van der Waals surface area contributed by atoms with Crippen LogP contribution in [-0.2, 0) is 13.8 Å². The van der Waals surface area contributed by atoms with E-state index in [1.807, 2.05) is 13.8 Å². The molecule has 1 heterocycles. The van der Waals surface area contributed by atoms with Crippen molar-refractivity contribution in [1.82, 2.24) is 0 Å². The summed E-state index contributed by atoms with van der Waals surface area (Å²) in [6.07, 6.45) is -0.947. The third-order valence-electron chi connectivity index (χ3n) is 2.67. The molecule has 0 saturated carbocycles. The van der Waals surface area contributed by atoms with E-state index in [1.165, 1.54) is 7.11 Å². The lowest BCUT2D eigenvalue weighted by molar-refractivity contribution is -0.0145. The maximum Gasteiger partial charge on any atom is 0.521 e. The van der Waals surface area contributed by atoms with E-state index in [1.54, 1.807) is 0 Å². The highest BCUT2D eigenvalue weighted by atomic mass is 35.7. The van der Waals surface area contributed by atoms with Gasteiger partial charge in [-0.2, -0.15) is 13.9 Å². The number of ether oxygens (including phenoxy) is 1. The molecule has 1 aliphatic rings. The van der Waals surface area contributed by atoms with E-state index in [0.29, 0.717) is 0 Å². The maximum absolute atomic E-state index is 9.50. The predicted molar refractivity (Wildman–Crippen MR) is 57.5 cm³/mol. The van der Waals surface area contributed by atoms with Crippen LogP contribution in [0, 0.1) is 5.92 Å². The van der Waals surface area contributed by atoms with Gasteiger partial charge < -0.3 is 9.84 Å². The molecule has 5 atom stereocenters. The van der Waals surface area contributed by atoms with Crippen LogP contribution in [0.2, 0.25) is 0 Å². The normalized spacial score (nSPS) is 40.4. The van der Waals surface area contributed by atoms with Gasteiger partial charge >= 0.3 is 7.30 Å². The van der Waals surface area contributed by atoms with Crippen molar-refractivity contribution in [2.75, 3.05) is 13.7 Å². The van der Waals surface area contributed by atoms with Crippen LogP contribution in [-0.4, -0.2) is 42.0 Å². The third kappa shape index (κ3) is 3.24. The Morgan fingerprint density at radius 3 is 2.53 bits per heavy atom. The van der Waals surface area contributed by atoms with Gasteiger partial charge in [-0.25, -0.2) is 0 Å². The first kappa shape index (κ1) is 13.6. The van der Waals surface area contributed by atoms with Gasteiger partial charge in [0.15, 0.2) is 11.2 Å². The highest BCUT2D eigenvalue weighted by molar-refractivity contribution is 7.86. The number of aliphatic hydroxyl groups excluding tert-OH is 1. The summed E-state index contributed by atoms with van der Waals surface area (Å²) in [5.74, 6) is 0.0441. The van der Waals surface area contributed by atoms with Gasteiger partial charge in [0.05, 0.1) is 19.8 Å². The van der Waals surface area contributed by atoms with Crippen molar-refractivity contribution in [2.24, 2.45) is 5.92 Å².